The van der Waals surface area contributed by atoms with Crippen molar-refractivity contribution in [2.75, 3.05) is 38.7 Å². The number of hydrazine groups is 1. The number of carbonyl (C=O) groups excluding carboxylic acids is 1. The molecular weight excluding hydrogens is 252 g/mol. The van der Waals surface area contributed by atoms with Crippen molar-refractivity contribution in [1.82, 2.24) is 9.80 Å². The highest BCUT2D eigenvalue weighted by Crippen LogP contribution is 2.16. The van der Waals surface area contributed by atoms with E-state index in [1.165, 1.54) is 12.8 Å². The molecule has 3 N–H and O–H groups in total. The molecule has 1 aromatic rings. The Morgan fingerprint density at radius 3 is 2.70 bits per heavy atom. The Kier molecular flexibility index (Phi) is 4.98. The summed E-state index contributed by atoms with van der Waals surface area (Å²) in [5.41, 5.74) is 5.10. The Labute approximate surface area is 120 Å². The van der Waals surface area contributed by atoms with Crippen LogP contribution in [0.25, 0.3) is 0 Å². The van der Waals surface area contributed by atoms with Gasteiger partial charge in [-0.15, -0.1) is 0 Å². The minimum Gasteiger partial charge on any atom is -0.340 e. The van der Waals surface area contributed by atoms with E-state index in [-0.39, 0.29) is 5.91 Å². The maximum atomic E-state index is 12.4. The van der Waals surface area contributed by atoms with Gasteiger partial charge in [-0.25, -0.2) is 0 Å². The van der Waals surface area contributed by atoms with E-state index in [1.54, 1.807) is 4.90 Å². The number of likely N-dealkylation sites (tertiary alicyclic amines) is 1. The number of amides is 1. The summed E-state index contributed by atoms with van der Waals surface area (Å²) in [5.74, 6) is 5.45. The molecule has 110 valence electrons. The monoisotopic (exact) mass is 276 g/mol. The molecule has 0 aromatic heterocycles. The third-order valence-corrected chi connectivity index (χ3v) is 3.92. The lowest BCUT2D eigenvalue weighted by atomic mass is 10.1. The van der Waals surface area contributed by atoms with Gasteiger partial charge in [0.2, 0.25) is 0 Å². The van der Waals surface area contributed by atoms with E-state index in [0.717, 1.165) is 43.0 Å². The highest BCUT2D eigenvalue weighted by molar-refractivity contribution is 5.95. The van der Waals surface area contributed by atoms with Crippen LogP contribution >= 0.6 is 0 Å². The molecule has 1 saturated heterocycles. The Hall–Kier alpha value is -1.59. The number of hydrogen-bond acceptors (Lipinski definition) is 4. The van der Waals surface area contributed by atoms with Crippen molar-refractivity contribution in [3.8, 4) is 0 Å². The van der Waals surface area contributed by atoms with Crippen molar-refractivity contribution in [3.05, 3.63) is 29.3 Å². The first-order chi connectivity index (χ1) is 9.61. The average Bonchev–Trinajstić information content (AvgIpc) is 2.97. The van der Waals surface area contributed by atoms with Crippen LogP contribution in [0.4, 0.5) is 5.69 Å². The molecule has 1 fully saturated rings. The van der Waals surface area contributed by atoms with Crippen LogP contribution in [0.5, 0.6) is 0 Å². The molecule has 0 unspecified atom stereocenters. The number of rotatable bonds is 5. The molecule has 1 heterocycles. The second-order valence-corrected chi connectivity index (χ2v) is 5.45. The summed E-state index contributed by atoms with van der Waals surface area (Å²) in [4.78, 5) is 16.6. The molecule has 0 saturated carbocycles. The van der Waals surface area contributed by atoms with Gasteiger partial charge >= 0.3 is 0 Å². The fourth-order valence-corrected chi connectivity index (χ4v) is 2.60. The molecule has 1 aliphatic heterocycles. The van der Waals surface area contributed by atoms with Crippen LogP contribution in [-0.2, 0) is 0 Å². The van der Waals surface area contributed by atoms with E-state index in [9.17, 15) is 4.79 Å². The van der Waals surface area contributed by atoms with Crippen LogP contribution < -0.4 is 11.3 Å². The molecule has 0 radical (unpaired) electrons. The van der Waals surface area contributed by atoms with E-state index in [0.29, 0.717) is 0 Å². The van der Waals surface area contributed by atoms with Gasteiger partial charge in [-0.2, -0.15) is 0 Å². The molecule has 5 heteroatoms. The summed E-state index contributed by atoms with van der Waals surface area (Å²) in [6.45, 7) is 6.00. The molecule has 1 aromatic carbocycles. The largest absolute Gasteiger partial charge is 0.340 e. The molecule has 5 nitrogen and oxygen atoms in total. The Bertz CT molecular complexity index is 469. The van der Waals surface area contributed by atoms with Crippen LogP contribution in [0.15, 0.2) is 18.2 Å². The predicted molar refractivity (Wildman–Crippen MR) is 81.6 cm³/mol. The Morgan fingerprint density at radius 1 is 1.40 bits per heavy atom. The number of aryl methyl sites for hydroxylation is 1. The Balaban J connectivity index is 1.95. The zero-order valence-corrected chi connectivity index (χ0v) is 12.4. The fourth-order valence-electron chi connectivity index (χ4n) is 2.60. The number of anilines is 1. The number of hydrogen-bond donors (Lipinski definition) is 2. The molecule has 1 amide bonds. The standard InChI is InChI=1S/C15H24N4O/c1-12-11-13(17-16)5-6-14(12)15(20)18(2)9-10-19-7-3-4-8-19/h5-6,11,17H,3-4,7-10,16H2,1-2H3. The van der Waals surface area contributed by atoms with Gasteiger partial charge in [0.15, 0.2) is 0 Å². The number of nitrogens with two attached hydrogens (primary N) is 1. The number of nitrogen functional groups attached to an aromatic ring is 1. The van der Waals surface area contributed by atoms with E-state index >= 15 is 0 Å². The highest BCUT2D eigenvalue weighted by atomic mass is 16.2. The molecule has 0 atom stereocenters. The van der Waals surface area contributed by atoms with Crippen molar-refractivity contribution < 1.29 is 4.79 Å². The lowest BCUT2D eigenvalue weighted by Crippen LogP contribution is -2.35. The fraction of sp³-hybridized carbons (Fsp3) is 0.533. The van der Waals surface area contributed by atoms with Gasteiger partial charge in [0, 0.05) is 31.4 Å². The van der Waals surface area contributed by atoms with Crippen molar-refractivity contribution >= 4 is 11.6 Å². The van der Waals surface area contributed by atoms with Crippen LogP contribution in [0, 0.1) is 6.92 Å². The van der Waals surface area contributed by atoms with E-state index in [1.807, 2.05) is 32.2 Å². The lowest BCUT2D eigenvalue weighted by molar-refractivity contribution is 0.0781. The third kappa shape index (κ3) is 3.49. The number of nitrogens with one attached hydrogen (secondary N) is 1. The summed E-state index contributed by atoms with van der Waals surface area (Å²) in [5, 5.41) is 0. The van der Waals surface area contributed by atoms with Crippen LogP contribution in [0.1, 0.15) is 28.8 Å². The molecule has 2 rings (SSSR count). The van der Waals surface area contributed by atoms with E-state index < -0.39 is 0 Å². The first-order valence-electron chi connectivity index (χ1n) is 7.17. The van der Waals surface area contributed by atoms with Gasteiger partial charge in [0.05, 0.1) is 0 Å². The molecule has 0 aliphatic carbocycles. The van der Waals surface area contributed by atoms with Crippen molar-refractivity contribution in [2.45, 2.75) is 19.8 Å². The molecule has 1 aliphatic rings. The summed E-state index contributed by atoms with van der Waals surface area (Å²) >= 11 is 0. The third-order valence-electron chi connectivity index (χ3n) is 3.92. The number of benzene rings is 1. The highest BCUT2D eigenvalue weighted by Gasteiger charge is 2.16. The summed E-state index contributed by atoms with van der Waals surface area (Å²) in [6, 6.07) is 5.55. The number of carbonyl (C=O) groups is 1. The summed E-state index contributed by atoms with van der Waals surface area (Å²) in [7, 11) is 1.87. The molecular formula is C15H24N4O. The first kappa shape index (κ1) is 14.8. The topological polar surface area (TPSA) is 61.6 Å². The Morgan fingerprint density at radius 2 is 2.10 bits per heavy atom. The lowest BCUT2D eigenvalue weighted by Gasteiger charge is -2.22. The SMILES string of the molecule is Cc1cc(NN)ccc1C(=O)N(C)CCN1CCCC1. The zero-order chi connectivity index (χ0) is 14.5. The molecule has 0 bridgehead atoms. The van der Waals surface area contributed by atoms with Gasteiger partial charge in [0.1, 0.15) is 0 Å². The molecule has 20 heavy (non-hydrogen) atoms. The van der Waals surface area contributed by atoms with Crippen LogP contribution in [0.3, 0.4) is 0 Å². The van der Waals surface area contributed by atoms with Crippen molar-refractivity contribution in [3.63, 3.8) is 0 Å². The normalized spacial score (nSPS) is 15.3. The van der Waals surface area contributed by atoms with Gasteiger partial charge in [-0.05, 0) is 56.6 Å². The number of likely N-dealkylation sites (N-methyl/N-ethyl adjacent to an activating group) is 1. The summed E-state index contributed by atoms with van der Waals surface area (Å²) in [6.07, 6.45) is 2.56. The van der Waals surface area contributed by atoms with Crippen molar-refractivity contribution in [1.29, 1.82) is 0 Å². The van der Waals surface area contributed by atoms with Crippen LogP contribution in [-0.4, -0.2) is 48.9 Å². The van der Waals surface area contributed by atoms with Gasteiger partial charge in [-0.1, -0.05) is 0 Å². The quantitative estimate of drug-likeness (QED) is 0.631. The van der Waals surface area contributed by atoms with Crippen molar-refractivity contribution in [2.24, 2.45) is 5.84 Å². The van der Waals surface area contributed by atoms with Gasteiger partial charge in [-0.3, -0.25) is 10.6 Å². The maximum absolute atomic E-state index is 12.4. The summed E-state index contributed by atoms with van der Waals surface area (Å²) < 4.78 is 0. The first-order valence-corrected chi connectivity index (χ1v) is 7.17. The predicted octanol–water partition coefficient (Wildman–Crippen LogP) is 1.45. The zero-order valence-electron chi connectivity index (χ0n) is 12.4. The second kappa shape index (κ2) is 6.72. The second-order valence-electron chi connectivity index (χ2n) is 5.45. The van der Waals surface area contributed by atoms with E-state index in [2.05, 4.69) is 10.3 Å². The maximum Gasteiger partial charge on any atom is 0.253 e. The minimum atomic E-state index is 0.0743. The number of nitrogens with zero attached hydrogens (tertiary/aromatic N) is 2. The van der Waals surface area contributed by atoms with E-state index in [4.69, 9.17) is 5.84 Å². The molecule has 0 spiro atoms. The van der Waals surface area contributed by atoms with Gasteiger partial charge in [0.25, 0.3) is 5.91 Å². The smallest absolute Gasteiger partial charge is 0.253 e. The average molecular weight is 276 g/mol. The minimum absolute atomic E-state index is 0.0743. The van der Waals surface area contributed by atoms with Crippen LogP contribution in [0.2, 0.25) is 0 Å². The van der Waals surface area contributed by atoms with Gasteiger partial charge < -0.3 is 15.2 Å².